The van der Waals surface area contributed by atoms with Gasteiger partial charge in [-0.2, -0.15) is 0 Å². The molecule has 2 amide bonds. The van der Waals surface area contributed by atoms with Gasteiger partial charge in [-0.05, 0) is 29.2 Å². The van der Waals surface area contributed by atoms with Crippen molar-refractivity contribution in [3.8, 4) is 5.75 Å². The Balaban J connectivity index is 1.62. The molecule has 2 aromatic carbocycles. The summed E-state index contributed by atoms with van der Waals surface area (Å²) in [6.45, 7) is 7.33. The minimum atomic E-state index is -0.343. The topological polar surface area (TPSA) is 58.6 Å². The Morgan fingerprint density at radius 2 is 1.82 bits per heavy atom. The molecule has 1 atom stereocenters. The Kier molecular flexibility index (Phi) is 5.73. The van der Waals surface area contributed by atoms with Crippen LogP contribution >= 0.6 is 0 Å². The summed E-state index contributed by atoms with van der Waals surface area (Å²) in [4.78, 5) is 26.8. The lowest BCUT2D eigenvalue weighted by atomic mass is 9.87. The summed E-state index contributed by atoms with van der Waals surface area (Å²) < 4.78 is 5.36. The van der Waals surface area contributed by atoms with E-state index in [9.17, 15) is 9.59 Å². The number of para-hydroxylation sites is 1. The highest BCUT2D eigenvalue weighted by molar-refractivity contribution is 5.97. The van der Waals surface area contributed by atoms with Crippen LogP contribution in [0, 0.1) is 5.92 Å². The number of carbonyl (C=O) groups is 2. The summed E-state index contributed by atoms with van der Waals surface area (Å²) in [7, 11) is 1.62. The molecule has 5 nitrogen and oxygen atoms in total. The van der Waals surface area contributed by atoms with Crippen LogP contribution in [0.25, 0.3) is 0 Å². The number of amides is 2. The van der Waals surface area contributed by atoms with E-state index in [1.54, 1.807) is 12.0 Å². The van der Waals surface area contributed by atoms with Crippen molar-refractivity contribution >= 4 is 17.5 Å². The molecule has 2 aromatic rings. The Labute approximate surface area is 166 Å². The standard InChI is InChI=1S/C23H28N2O3/c1-23(2,3)18-9-11-19(12-10-18)24-22(27)17-13-21(26)25(15-17)14-16-7-5-6-8-20(16)28-4/h5-12,17H,13-15H2,1-4H3,(H,24,27). The first-order valence-corrected chi connectivity index (χ1v) is 9.59. The number of rotatable bonds is 5. The van der Waals surface area contributed by atoms with Crippen LogP contribution in [0.4, 0.5) is 5.69 Å². The van der Waals surface area contributed by atoms with Gasteiger partial charge in [-0.15, -0.1) is 0 Å². The van der Waals surface area contributed by atoms with Gasteiger partial charge in [0.15, 0.2) is 0 Å². The van der Waals surface area contributed by atoms with Crippen molar-refractivity contribution in [1.82, 2.24) is 4.90 Å². The molecule has 28 heavy (non-hydrogen) atoms. The summed E-state index contributed by atoms with van der Waals surface area (Å²) in [5.74, 6) is 0.292. The molecule has 148 valence electrons. The molecule has 5 heteroatoms. The molecule has 1 N–H and O–H groups in total. The normalized spacial score (nSPS) is 16.9. The van der Waals surface area contributed by atoms with E-state index < -0.39 is 0 Å². The van der Waals surface area contributed by atoms with Gasteiger partial charge in [-0.3, -0.25) is 9.59 Å². The van der Waals surface area contributed by atoms with E-state index >= 15 is 0 Å². The first kappa shape index (κ1) is 19.9. The van der Waals surface area contributed by atoms with Gasteiger partial charge in [-0.1, -0.05) is 51.1 Å². The SMILES string of the molecule is COc1ccccc1CN1CC(C(=O)Nc2ccc(C(C)(C)C)cc2)CC1=O. The third-order valence-electron chi connectivity index (χ3n) is 5.16. The van der Waals surface area contributed by atoms with E-state index in [2.05, 4.69) is 26.1 Å². The third kappa shape index (κ3) is 4.53. The highest BCUT2D eigenvalue weighted by atomic mass is 16.5. The van der Waals surface area contributed by atoms with Gasteiger partial charge < -0.3 is 15.0 Å². The monoisotopic (exact) mass is 380 g/mol. The molecule has 1 saturated heterocycles. The van der Waals surface area contributed by atoms with Crippen molar-refractivity contribution in [1.29, 1.82) is 0 Å². The average Bonchev–Trinajstić information content (AvgIpc) is 3.02. The quantitative estimate of drug-likeness (QED) is 0.854. The van der Waals surface area contributed by atoms with Gasteiger partial charge in [0.25, 0.3) is 0 Å². The molecule has 1 fully saturated rings. The van der Waals surface area contributed by atoms with Crippen LogP contribution in [0.3, 0.4) is 0 Å². The summed E-state index contributed by atoms with van der Waals surface area (Å²) in [6, 6.07) is 15.5. The van der Waals surface area contributed by atoms with E-state index in [1.807, 2.05) is 48.5 Å². The zero-order valence-electron chi connectivity index (χ0n) is 17.0. The predicted molar refractivity (Wildman–Crippen MR) is 110 cm³/mol. The largest absolute Gasteiger partial charge is 0.496 e. The van der Waals surface area contributed by atoms with Crippen molar-refractivity contribution in [3.63, 3.8) is 0 Å². The zero-order valence-corrected chi connectivity index (χ0v) is 17.0. The molecular weight excluding hydrogens is 352 g/mol. The molecule has 1 aliphatic rings. The maximum absolute atomic E-state index is 12.6. The van der Waals surface area contributed by atoms with Crippen LogP contribution in [-0.2, 0) is 21.5 Å². The number of likely N-dealkylation sites (tertiary alicyclic amines) is 1. The van der Waals surface area contributed by atoms with Crippen molar-refractivity contribution < 1.29 is 14.3 Å². The fraction of sp³-hybridized carbons (Fsp3) is 0.391. The predicted octanol–water partition coefficient (Wildman–Crippen LogP) is 3.98. The van der Waals surface area contributed by atoms with E-state index in [0.29, 0.717) is 13.1 Å². The minimum Gasteiger partial charge on any atom is -0.496 e. The number of methoxy groups -OCH3 is 1. The number of anilines is 1. The summed E-state index contributed by atoms with van der Waals surface area (Å²) >= 11 is 0. The van der Waals surface area contributed by atoms with Crippen LogP contribution in [0.2, 0.25) is 0 Å². The molecule has 0 bridgehead atoms. The minimum absolute atomic E-state index is 0.00543. The number of carbonyl (C=O) groups excluding carboxylic acids is 2. The first-order valence-electron chi connectivity index (χ1n) is 9.59. The highest BCUT2D eigenvalue weighted by Gasteiger charge is 2.34. The molecule has 0 aromatic heterocycles. The van der Waals surface area contributed by atoms with Crippen molar-refractivity contribution in [2.75, 3.05) is 19.0 Å². The molecule has 1 heterocycles. The Bertz CT molecular complexity index is 853. The number of nitrogens with one attached hydrogen (secondary N) is 1. The Morgan fingerprint density at radius 1 is 1.14 bits per heavy atom. The second kappa shape index (κ2) is 8.05. The van der Waals surface area contributed by atoms with Gasteiger partial charge in [0.2, 0.25) is 11.8 Å². The maximum atomic E-state index is 12.6. The average molecular weight is 380 g/mol. The summed E-state index contributed by atoms with van der Waals surface area (Å²) in [5, 5.41) is 2.95. The maximum Gasteiger partial charge on any atom is 0.229 e. The molecule has 0 aliphatic carbocycles. The van der Waals surface area contributed by atoms with Crippen LogP contribution in [0.15, 0.2) is 48.5 Å². The van der Waals surface area contributed by atoms with Gasteiger partial charge in [0.05, 0.1) is 13.0 Å². The fourth-order valence-corrected chi connectivity index (χ4v) is 3.44. The van der Waals surface area contributed by atoms with E-state index in [0.717, 1.165) is 17.0 Å². The smallest absolute Gasteiger partial charge is 0.229 e. The Morgan fingerprint density at radius 3 is 2.46 bits per heavy atom. The van der Waals surface area contributed by atoms with Crippen molar-refractivity contribution in [2.45, 2.75) is 39.2 Å². The molecule has 0 spiro atoms. The van der Waals surface area contributed by atoms with Gasteiger partial charge >= 0.3 is 0 Å². The second-order valence-electron chi connectivity index (χ2n) is 8.30. The first-order chi connectivity index (χ1) is 13.3. The van der Waals surface area contributed by atoms with Crippen LogP contribution in [0.5, 0.6) is 5.75 Å². The van der Waals surface area contributed by atoms with Crippen molar-refractivity contribution in [2.24, 2.45) is 5.92 Å². The number of benzene rings is 2. The molecular formula is C23H28N2O3. The number of hydrogen-bond donors (Lipinski definition) is 1. The van der Waals surface area contributed by atoms with Gasteiger partial charge in [0, 0.05) is 30.8 Å². The van der Waals surface area contributed by atoms with E-state index in [1.165, 1.54) is 5.56 Å². The number of nitrogens with zero attached hydrogens (tertiary/aromatic N) is 1. The van der Waals surface area contributed by atoms with E-state index in [4.69, 9.17) is 4.74 Å². The second-order valence-corrected chi connectivity index (χ2v) is 8.30. The Hall–Kier alpha value is -2.82. The lowest BCUT2D eigenvalue weighted by Crippen LogP contribution is -2.28. The summed E-state index contributed by atoms with van der Waals surface area (Å²) in [6.07, 6.45) is 0.237. The lowest BCUT2D eigenvalue weighted by Gasteiger charge is -2.20. The van der Waals surface area contributed by atoms with E-state index in [-0.39, 0.29) is 29.6 Å². The molecule has 1 aliphatic heterocycles. The fourth-order valence-electron chi connectivity index (χ4n) is 3.44. The molecule has 3 rings (SSSR count). The van der Waals surface area contributed by atoms with Gasteiger partial charge in [-0.25, -0.2) is 0 Å². The zero-order chi connectivity index (χ0) is 20.3. The van der Waals surface area contributed by atoms with Crippen LogP contribution < -0.4 is 10.1 Å². The summed E-state index contributed by atoms with van der Waals surface area (Å²) in [5.41, 5.74) is 2.98. The van der Waals surface area contributed by atoms with Crippen molar-refractivity contribution in [3.05, 3.63) is 59.7 Å². The number of hydrogen-bond acceptors (Lipinski definition) is 3. The van der Waals surface area contributed by atoms with Gasteiger partial charge in [0.1, 0.15) is 5.75 Å². The number of ether oxygens (including phenoxy) is 1. The van der Waals surface area contributed by atoms with Crippen LogP contribution in [-0.4, -0.2) is 30.4 Å². The lowest BCUT2D eigenvalue weighted by molar-refractivity contribution is -0.128. The van der Waals surface area contributed by atoms with Crippen LogP contribution in [0.1, 0.15) is 38.3 Å². The highest BCUT2D eigenvalue weighted by Crippen LogP contribution is 2.27. The molecule has 0 saturated carbocycles. The molecule has 1 unspecified atom stereocenters. The third-order valence-corrected chi connectivity index (χ3v) is 5.16. The molecule has 0 radical (unpaired) electrons.